The van der Waals surface area contributed by atoms with Gasteiger partial charge in [0.15, 0.2) is 0 Å². The van der Waals surface area contributed by atoms with Crippen molar-refractivity contribution < 1.29 is 47.7 Å². The first-order valence-corrected chi connectivity index (χ1v) is 30.4. The number of aliphatic hydroxyl groups is 2. The number of hydrogen-bond donors (Lipinski definition) is 2. The molecular weight excluding hydrogens is 918 g/mol. The van der Waals surface area contributed by atoms with Gasteiger partial charge in [0.05, 0.1) is 0 Å². The Balaban J connectivity index is 0.000000202. The van der Waals surface area contributed by atoms with Crippen LogP contribution in [0.3, 0.4) is 0 Å². The Hall–Kier alpha value is 0.434. The van der Waals surface area contributed by atoms with Gasteiger partial charge < -0.3 is 21.6 Å². The topological polar surface area (TPSA) is 57.5 Å². The number of aliphatic hydroxyl groups excluding tert-OH is 2. The number of allylic oxidation sites excluding steroid dienone is 1. The normalized spacial score (nSPS) is 41.4. The summed E-state index contributed by atoms with van der Waals surface area (Å²) in [4.78, 5) is 11.0. The summed E-state index contributed by atoms with van der Waals surface area (Å²) in [6.45, 7) is 40.7. The second-order valence-corrected chi connectivity index (χ2v) is 28.3. The van der Waals surface area contributed by atoms with Crippen molar-refractivity contribution in [3.63, 3.8) is 0 Å². The SMILES string of the molecule is CC(C)[C@H]1CCC2[C@@H](C)CCC[C@@]21C.CC(CCC(CO)CO)[C@H]1CCC2[C@@H](C)CCC[C@@]21C.CCC(C=O)CCC(C)[C@H]1CCC2[C@@H](C)CCC[C@@]21C.[CH-]=C1CCC[C@@]2(C)C1CC[C@@H]2C(C)C.[Y]. The van der Waals surface area contributed by atoms with Gasteiger partial charge in [-0.3, -0.25) is 5.57 Å². The van der Waals surface area contributed by atoms with Gasteiger partial charge in [0.1, 0.15) is 6.29 Å². The van der Waals surface area contributed by atoms with Crippen molar-refractivity contribution in [1.29, 1.82) is 0 Å². The summed E-state index contributed by atoms with van der Waals surface area (Å²) in [5.41, 5.74) is 3.70. The number of carbonyl (C=O) groups is 1. The fourth-order valence-electron chi connectivity index (χ4n) is 19.9. The Kier molecular flexibility index (Phi) is 24.7. The Morgan fingerprint density at radius 3 is 1.32 bits per heavy atom. The van der Waals surface area contributed by atoms with E-state index < -0.39 is 0 Å². The van der Waals surface area contributed by atoms with Crippen LogP contribution in [0.4, 0.5) is 0 Å². The molecule has 0 bridgehead atoms. The Labute approximate surface area is 456 Å². The number of hydrogen-bond acceptors (Lipinski definition) is 3. The van der Waals surface area contributed by atoms with E-state index in [0.29, 0.717) is 27.6 Å². The molecule has 2 N–H and O–H groups in total. The minimum absolute atomic E-state index is 0. The van der Waals surface area contributed by atoms with Crippen LogP contribution in [0.15, 0.2) is 5.57 Å². The zero-order chi connectivity index (χ0) is 50.2. The molecule has 69 heavy (non-hydrogen) atoms. The maximum Gasteiger partial charge on any atom is 0.123 e. The maximum absolute atomic E-state index is 11.0. The molecule has 0 spiro atoms. The van der Waals surface area contributed by atoms with Gasteiger partial charge in [-0.1, -0.05) is 148 Å². The molecule has 0 aliphatic heterocycles. The van der Waals surface area contributed by atoms with Crippen LogP contribution in [-0.4, -0.2) is 29.7 Å². The van der Waals surface area contributed by atoms with E-state index in [0.717, 1.165) is 114 Å². The second kappa shape index (κ2) is 27.5. The summed E-state index contributed by atoms with van der Waals surface area (Å²) in [5, 5.41) is 18.4. The van der Waals surface area contributed by atoms with E-state index in [1.54, 1.807) is 0 Å². The molecule has 399 valence electrons. The molecular formula is C65H117O3Y-. The molecule has 8 aliphatic carbocycles. The number of fused-ring (bicyclic) bond motifs is 4. The first kappa shape index (κ1) is 62.0. The quantitative estimate of drug-likeness (QED) is 0.135. The molecule has 7 unspecified atom stereocenters. The first-order valence-electron chi connectivity index (χ1n) is 30.4. The Morgan fingerprint density at radius 1 is 0.536 bits per heavy atom. The van der Waals surface area contributed by atoms with Crippen LogP contribution in [0.25, 0.3) is 0 Å². The predicted molar refractivity (Wildman–Crippen MR) is 292 cm³/mol. The molecule has 18 atom stereocenters. The molecule has 0 saturated heterocycles. The molecule has 1 radical (unpaired) electrons. The summed E-state index contributed by atoms with van der Waals surface area (Å²) >= 11 is 0. The minimum Gasteiger partial charge on any atom is -0.514 e. The molecule has 0 aromatic rings. The number of carbonyl (C=O) groups excluding carboxylic acids is 1. The molecule has 8 rings (SSSR count). The van der Waals surface area contributed by atoms with Gasteiger partial charge in [0.2, 0.25) is 0 Å². The van der Waals surface area contributed by atoms with Crippen molar-refractivity contribution in [1.82, 2.24) is 0 Å². The average molecular weight is 1040 g/mol. The largest absolute Gasteiger partial charge is 0.514 e. The van der Waals surface area contributed by atoms with E-state index in [9.17, 15) is 15.0 Å². The van der Waals surface area contributed by atoms with Gasteiger partial charge in [0, 0.05) is 57.8 Å². The van der Waals surface area contributed by atoms with Crippen molar-refractivity contribution in [3.8, 4) is 0 Å². The van der Waals surface area contributed by atoms with E-state index in [4.69, 9.17) is 6.58 Å². The van der Waals surface area contributed by atoms with Gasteiger partial charge in [-0.2, -0.15) is 0 Å². The molecule has 0 amide bonds. The van der Waals surface area contributed by atoms with Crippen LogP contribution >= 0.6 is 0 Å². The monoisotopic (exact) mass is 1030 g/mol. The summed E-state index contributed by atoms with van der Waals surface area (Å²) < 4.78 is 0. The van der Waals surface area contributed by atoms with E-state index in [1.807, 2.05) is 0 Å². The van der Waals surface area contributed by atoms with Crippen molar-refractivity contribution in [2.45, 2.75) is 257 Å². The molecule has 8 saturated carbocycles. The third kappa shape index (κ3) is 14.1. The van der Waals surface area contributed by atoms with Gasteiger partial charge in [-0.05, 0) is 220 Å². The van der Waals surface area contributed by atoms with Crippen molar-refractivity contribution in [2.24, 2.45) is 122 Å². The van der Waals surface area contributed by atoms with Gasteiger partial charge in [0.25, 0.3) is 0 Å². The molecule has 0 aromatic heterocycles. The second-order valence-electron chi connectivity index (χ2n) is 28.3. The Morgan fingerprint density at radius 2 is 0.913 bits per heavy atom. The third-order valence-corrected chi connectivity index (χ3v) is 23.9. The van der Waals surface area contributed by atoms with Crippen LogP contribution in [0, 0.1) is 129 Å². The van der Waals surface area contributed by atoms with Gasteiger partial charge in [-0.25, -0.2) is 0 Å². The average Bonchev–Trinajstić information content (AvgIpc) is 4.06. The standard InChI is InChI=1S/C19H34O.C18H34O2.C14H26.C14H23.Y/c1-5-16(13-20)9-8-15(3)18-11-10-17-14(2)7-6-12-19(17,18)4;1-13-5-4-10-18(3)16(13)8-9-17(18)14(2)6-7-15(11-19)12-20;2*1-10(2)12-7-8-13-11(3)6-5-9-14(12,13)4;/h13-18H,5-12H2,1-4H3;13-17,19-20H,4-12H2,1-3H3;10-13H,5-9H2,1-4H3;3,10,12-13H,5-9H2,1-2,4H3;/q;;;-1;/t14-,15?,16?,17?,18+,19-;13-,14?,16?,17+,18-;11-,12+,13?,14+;12-,13?,14-;/m0001./s1. The van der Waals surface area contributed by atoms with Gasteiger partial charge >= 0.3 is 0 Å². The minimum atomic E-state index is 0. The first-order chi connectivity index (χ1) is 32.2. The fraction of sp³-hybridized carbons (Fsp3) is 0.954. The van der Waals surface area contributed by atoms with Crippen LogP contribution in [0.5, 0.6) is 0 Å². The zero-order valence-corrected chi connectivity index (χ0v) is 51.3. The smallest absolute Gasteiger partial charge is 0.123 e. The van der Waals surface area contributed by atoms with Gasteiger partial charge in [-0.15, -0.1) is 0 Å². The molecule has 8 aliphatic rings. The molecule has 3 nitrogen and oxygen atoms in total. The number of rotatable bonds is 14. The summed E-state index contributed by atoms with van der Waals surface area (Å²) in [6.07, 6.45) is 35.1. The number of aldehydes is 1. The fourth-order valence-corrected chi connectivity index (χ4v) is 19.9. The van der Waals surface area contributed by atoms with Crippen LogP contribution in [-0.2, 0) is 37.5 Å². The van der Waals surface area contributed by atoms with Crippen LogP contribution in [0.2, 0.25) is 0 Å². The van der Waals surface area contributed by atoms with Crippen molar-refractivity contribution in [2.75, 3.05) is 13.2 Å². The molecule has 0 heterocycles. The van der Waals surface area contributed by atoms with E-state index in [-0.39, 0.29) is 51.8 Å². The zero-order valence-electron chi connectivity index (χ0n) is 48.4. The van der Waals surface area contributed by atoms with Crippen molar-refractivity contribution in [3.05, 3.63) is 12.2 Å². The summed E-state index contributed by atoms with van der Waals surface area (Å²) in [7, 11) is 0. The molecule has 8 fully saturated rings. The maximum atomic E-state index is 11.0. The Bertz CT molecular complexity index is 1510. The summed E-state index contributed by atoms with van der Waals surface area (Å²) in [5.74, 6) is 13.9. The molecule has 0 aromatic carbocycles. The predicted octanol–water partition coefficient (Wildman–Crippen LogP) is 18.0. The van der Waals surface area contributed by atoms with E-state index >= 15 is 0 Å². The van der Waals surface area contributed by atoms with E-state index in [1.165, 1.54) is 147 Å². The van der Waals surface area contributed by atoms with Crippen molar-refractivity contribution >= 4 is 6.29 Å². The van der Waals surface area contributed by atoms with E-state index in [2.05, 4.69) is 96.9 Å². The van der Waals surface area contributed by atoms with Crippen LogP contribution < -0.4 is 0 Å². The molecule has 4 heteroatoms. The summed E-state index contributed by atoms with van der Waals surface area (Å²) in [6, 6.07) is 0. The third-order valence-electron chi connectivity index (χ3n) is 23.9. The van der Waals surface area contributed by atoms with Crippen LogP contribution in [0.1, 0.15) is 257 Å².